The molecule has 10 heteroatoms. The van der Waals surface area contributed by atoms with Gasteiger partial charge >= 0.3 is 4.87 Å². The van der Waals surface area contributed by atoms with Crippen molar-refractivity contribution in [3.8, 4) is 0 Å². The number of thioether (sulfide) groups is 1. The van der Waals surface area contributed by atoms with Crippen LogP contribution in [0.2, 0.25) is 0 Å². The van der Waals surface area contributed by atoms with Crippen LogP contribution in [0, 0.1) is 12.8 Å². The number of carbonyl (C=O) groups excluding carboxylic acids is 3. The van der Waals surface area contributed by atoms with Crippen LogP contribution in [0.3, 0.4) is 0 Å². The fourth-order valence-electron chi connectivity index (χ4n) is 5.10. The van der Waals surface area contributed by atoms with Gasteiger partial charge in [-0.1, -0.05) is 87.1 Å². The van der Waals surface area contributed by atoms with Gasteiger partial charge in [0.2, 0.25) is 17.7 Å². The lowest BCUT2D eigenvalue weighted by atomic mass is 9.83. The average Bonchev–Trinajstić information content (AvgIpc) is 3.36. The second kappa shape index (κ2) is 10.3. The highest BCUT2D eigenvalue weighted by atomic mass is 79.9. The number of halogens is 1. The molecule has 6 rings (SSSR count). The molecule has 1 N–H and O–H groups in total. The summed E-state index contributed by atoms with van der Waals surface area (Å²) in [6.07, 6.45) is 0. The molecule has 1 fully saturated rings. The molecule has 3 atom stereocenters. The van der Waals surface area contributed by atoms with Crippen LogP contribution in [0.5, 0.6) is 0 Å². The number of imide groups is 1. The topological polar surface area (TPSA) is 88.5 Å². The zero-order chi connectivity index (χ0) is 27.3. The molecule has 3 heterocycles. The highest BCUT2D eigenvalue weighted by molar-refractivity contribution is 9.10. The maximum Gasteiger partial charge on any atom is 0.308 e. The Morgan fingerprint density at radius 3 is 2.31 bits per heavy atom. The molecule has 7 nitrogen and oxygen atoms in total. The fourth-order valence-corrected chi connectivity index (χ4v) is 8.14. The molecule has 2 aliphatic rings. The normalized spacial score (nSPS) is 20.1. The molecular formula is C29H22BrN3O4S2. The number of nitrogens with one attached hydrogen (secondary N) is 1. The highest BCUT2D eigenvalue weighted by Gasteiger charge is 2.56. The number of thiazole rings is 1. The first kappa shape index (κ1) is 25.8. The van der Waals surface area contributed by atoms with E-state index in [1.54, 1.807) is 24.3 Å². The van der Waals surface area contributed by atoms with Crippen molar-refractivity contribution >= 4 is 68.1 Å². The molecule has 0 unspecified atom stereocenters. The van der Waals surface area contributed by atoms with Crippen molar-refractivity contribution in [2.24, 2.45) is 5.92 Å². The van der Waals surface area contributed by atoms with Crippen LogP contribution in [-0.4, -0.2) is 27.5 Å². The molecule has 0 aliphatic carbocycles. The second-order valence-corrected chi connectivity index (χ2v) is 12.5. The van der Waals surface area contributed by atoms with Crippen molar-refractivity contribution in [2.75, 3.05) is 10.2 Å². The maximum atomic E-state index is 13.9. The maximum absolute atomic E-state index is 13.9. The zero-order valence-electron chi connectivity index (χ0n) is 20.7. The summed E-state index contributed by atoms with van der Waals surface area (Å²) in [5.74, 6) is -2.12. The van der Waals surface area contributed by atoms with Gasteiger partial charge in [0.1, 0.15) is 11.8 Å². The molecule has 0 bridgehead atoms. The summed E-state index contributed by atoms with van der Waals surface area (Å²) in [6.45, 7) is 1.75. The summed E-state index contributed by atoms with van der Waals surface area (Å²) in [5.41, 5.74) is 3.02. The fraction of sp³-hybridized carbons (Fsp3) is 0.172. The second-order valence-electron chi connectivity index (χ2n) is 9.48. The van der Waals surface area contributed by atoms with Crippen molar-refractivity contribution < 1.29 is 14.4 Å². The quantitative estimate of drug-likeness (QED) is 0.302. The Hall–Kier alpha value is -3.47. The van der Waals surface area contributed by atoms with Crippen molar-refractivity contribution in [3.05, 3.63) is 109 Å². The molecule has 0 radical (unpaired) electrons. The predicted octanol–water partition coefficient (Wildman–Crippen LogP) is 5.42. The van der Waals surface area contributed by atoms with Crippen molar-refractivity contribution in [3.63, 3.8) is 0 Å². The Bertz CT molecular complexity index is 1650. The number of hydrogen-bond acceptors (Lipinski definition) is 6. The third-order valence-electron chi connectivity index (χ3n) is 6.93. The molecule has 3 amide bonds. The van der Waals surface area contributed by atoms with E-state index in [9.17, 15) is 19.2 Å². The van der Waals surface area contributed by atoms with Crippen LogP contribution in [0.15, 0.2) is 93.2 Å². The number of aromatic nitrogens is 1. The van der Waals surface area contributed by atoms with Gasteiger partial charge < -0.3 is 5.32 Å². The Balaban J connectivity index is 1.42. The molecule has 1 saturated heterocycles. The van der Waals surface area contributed by atoms with E-state index < -0.39 is 17.1 Å². The van der Waals surface area contributed by atoms with Crippen molar-refractivity contribution in [2.45, 2.75) is 29.7 Å². The minimum absolute atomic E-state index is 0.194. The summed E-state index contributed by atoms with van der Waals surface area (Å²) in [5, 5.41) is 2.66. The molecular weight excluding hydrogens is 598 g/mol. The third kappa shape index (κ3) is 4.66. The van der Waals surface area contributed by atoms with Gasteiger partial charge in [-0.15, -0.1) is 0 Å². The Morgan fingerprint density at radius 1 is 0.923 bits per heavy atom. The number of rotatable bonds is 5. The summed E-state index contributed by atoms with van der Waals surface area (Å²) in [6, 6.07) is 23.9. The first-order valence-electron chi connectivity index (χ1n) is 12.3. The van der Waals surface area contributed by atoms with Gasteiger partial charge in [-0.2, -0.15) is 0 Å². The SMILES string of the molecule is Cc1ccc(N2C(=O)[C@H]3[C@H](c4ccc(Br)cc4)c4sc(=O)n(CC(=O)Nc5ccccc5)c4S[C@H]3C2=O)cc1. The summed E-state index contributed by atoms with van der Waals surface area (Å²) >= 11 is 5.71. The number of carbonyl (C=O) groups is 3. The lowest BCUT2D eigenvalue weighted by molar-refractivity contribution is -0.122. The molecule has 2 aliphatic heterocycles. The number of hydrogen-bond donors (Lipinski definition) is 1. The number of para-hydroxylation sites is 1. The van der Waals surface area contributed by atoms with Gasteiger partial charge in [0, 0.05) is 21.0 Å². The van der Waals surface area contributed by atoms with E-state index in [1.165, 1.54) is 21.2 Å². The molecule has 4 aromatic rings. The van der Waals surface area contributed by atoms with E-state index in [-0.39, 0.29) is 29.1 Å². The molecule has 0 saturated carbocycles. The van der Waals surface area contributed by atoms with Gasteiger partial charge in [-0.05, 0) is 48.9 Å². The van der Waals surface area contributed by atoms with Gasteiger partial charge in [0.05, 0.1) is 16.6 Å². The average molecular weight is 621 g/mol. The Morgan fingerprint density at radius 2 is 1.62 bits per heavy atom. The highest BCUT2D eigenvalue weighted by Crippen LogP contribution is 2.53. The lowest BCUT2D eigenvalue weighted by Crippen LogP contribution is -2.33. The van der Waals surface area contributed by atoms with E-state index in [0.717, 1.165) is 26.9 Å². The van der Waals surface area contributed by atoms with E-state index in [4.69, 9.17) is 0 Å². The Labute approximate surface area is 241 Å². The largest absolute Gasteiger partial charge is 0.325 e. The van der Waals surface area contributed by atoms with Gasteiger partial charge in [-0.25, -0.2) is 4.90 Å². The number of fused-ring (bicyclic) bond motifs is 2. The summed E-state index contributed by atoms with van der Waals surface area (Å²) in [7, 11) is 0. The predicted molar refractivity (Wildman–Crippen MR) is 156 cm³/mol. The van der Waals surface area contributed by atoms with Gasteiger partial charge in [-0.3, -0.25) is 23.7 Å². The van der Waals surface area contributed by atoms with Crippen molar-refractivity contribution in [1.82, 2.24) is 4.57 Å². The standard InChI is InChI=1S/C29H22BrN3O4S2/c1-16-7-13-20(14-8-16)33-26(35)23-22(17-9-11-18(30)12-10-17)25-28(38-24(23)27(33)36)32(29(37)39-25)15-21(34)31-19-5-3-2-4-6-19/h2-14,22-24H,15H2,1H3,(H,31,34)/t22-,23-,24+/m0/s1. The van der Waals surface area contributed by atoms with Crippen LogP contribution >= 0.6 is 39.0 Å². The van der Waals surface area contributed by atoms with Crippen LogP contribution < -0.4 is 15.1 Å². The molecule has 0 spiro atoms. The number of aryl methyl sites for hydroxylation is 1. The number of nitrogens with zero attached hydrogens (tertiary/aromatic N) is 2. The minimum atomic E-state index is -0.725. The molecule has 39 heavy (non-hydrogen) atoms. The van der Waals surface area contributed by atoms with Crippen molar-refractivity contribution in [1.29, 1.82) is 0 Å². The number of amides is 3. The number of anilines is 2. The van der Waals surface area contributed by atoms with Crippen LogP contribution in [-0.2, 0) is 20.9 Å². The van der Waals surface area contributed by atoms with Crippen LogP contribution in [0.4, 0.5) is 11.4 Å². The monoisotopic (exact) mass is 619 g/mol. The van der Waals surface area contributed by atoms with E-state index in [2.05, 4.69) is 21.2 Å². The molecule has 1 aromatic heterocycles. The molecule has 196 valence electrons. The minimum Gasteiger partial charge on any atom is -0.325 e. The van der Waals surface area contributed by atoms with Crippen LogP contribution in [0.1, 0.15) is 21.9 Å². The number of benzene rings is 3. The van der Waals surface area contributed by atoms with E-state index >= 15 is 0 Å². The third-order valence-corrected chi connectivity index (χ3v) is 10.1. The van der Waals surface area contributed by atoms with Gasteiger partial charge in [0.25, 0.3) is 0 Å². The van der Waals surface area contributed by atoms with E-state index in [0.29, 0.717) is 21.3 Å². The Kier molecular flexibility index (Phi) is 6.78. The van der Waals surface area contributed by atoms with E-state index in [1.807, 2.05) is 61.5 Å². The van der Waals surface area contributed by atoms with Gasteiger partial charge in [0.15, 0.2) is 0 Å². The lowest BCUT2D eigenvalue weighted by Gasteiger charge is -2.30. The summed E-state index contributed by atoms with van der Waals surface area (Å²) in [4.78, 5) is 55.5. The zero-order valence-corrected chi connectivity index (χ0v) is 23.9. The summed E-state index contributed by atoms with van der Waals surface area (Å²) < 4.78 is 2.31. The molecule has 3 aromatic carbocycles. The first-order valence-corrected chi connectivity index (χ1v) is 14.8. The first-order chi connectivity index (χ1) is 18.8. The van der Waals surface area contributed by atoms with Crippen LogP contribution in [0.25, 0.3) is 0 Å². The smallest absolute Gasteiger partial charge is 0.308 e.